The van der Waals surface area contributed by atoms with Gasteiger partial charge < -0.3 is 0 Å². The van der Waals surface area contributed by atoms with Crippen LogP contribution in [-0.4, -0.2) is 0 Å². The van der Waals surface area contributed by atoms with Crippen molar-refractivity contribution in [2.24, 2.45) is 0 Å². The summed E-state index contributed by atoms with van der Waals surface area (Å²) in [6.07, 6.45) is 13.6. The summed E-state index contributed by atoms with van der Waals surface area (Å²) >= 11 is 0. The second kappa shape index (κ2) is 11.1. The largest absolute Gasteiger partial charge is 0.0654 e. The fourth-order valence-corrected chi connectivity index (χ4v) is 2.62. The van der Waals surface area contributed by atoms with Crippen LogP contribution in [0.15, 0.2) is 30.3 Å². The van der Waals surface area contributed by atoms with E-state index in [1.165, 1.54) is 69.8 Å². The van der Waals surface area contributed by atoms with Crippen LogP contribution in [0, 0.1) is 5.92 Å². The normalized spacial score (nSPS) is 11.1. The smallest absolute Gasteiger partial charge is 0.00498 e. The van der Waals surface area contributed by atoms with Gasteiger partial charge in [-0.15, -0.1) is 0 Å². The molecule has 0 saturated carbocycles. The molecule has 0 aliphatic carbocycles. The van der Waals surface area contributed by atoms with Gasteiger partial charge in [-0.05, 0) is 18.4 Å². The van der Waals surface area contributed by atoms with Gasteiger partial charge in [0, 0.05) is 5.92 Å². The molecule has 107 valence electrons. The molecule has 0 N–H and O–H groups in total. The summed E-state index contributed by atoms with van der Waals surface area (Å²) in [6, 6.07) is 11.0. The molecular weight excluding hydrogens is 228 g/mol. The molecule has 0 aromatic heterocycles. The fraction of sp³-hybridized carbons (Fsp3) is 0.632. The Kier molecular flexibility index (Phi) is 9.49. The molecule has 0 nitrogen and oxygen atoms in total. The van der Waals surface area contributed by atoms with Crippen LogP contribution < -0.4 is 0 Å². The van der Waals surface area contributed by atoms with Gasteiger partial charge in [0.25, 0.3) is 0 Å². The van der Waals surface area contributed by atoms with Gasteiger partial charge in [0.15, 0.2) is 0 Å². The highest BCUT2D eigenvalue weighted by Gasteiger charge is 2.11. The van der Waals surface area contributed by atoms with Gasteiger partial charge in [-0.2, -0.15) is 0 Å². The Balaban J connectivity index is 2.39. The van der Waals surface area contributed by atoms with Crippen LogP contribution in [0.4, 0.5) is 0 Å². The van der Waals surface area contributed by atoms with Crippen LogP contribution >= 0.6 is 0 Å². The summed E-state index contributed by atoms with van der Waals surface area (Å²) in [5, 5.41) is 0. The first-order valence-corrected chi connectivity index (χ1v) is 8.28. The van der Waals surface area contributed by atoms with E-state index in [9.17, 15) is 0 Å². The second-order valence-electron chi connectivity index (χ2n) is 5.59. The molecule has 0 aliphatic rings. The van der Waals surface area contributed by atoms with Gasteiger partial charge in [-0.3, -0.25) is 0 Å². The Morgan fingerprint density at radius 1 is 0.684 bits per heavy atom. The Hall–Kier alpha value is -0.780. The lowest BCUT2D eigenvalue weighted by Gasteiger charge is -2.16. The van der Waals surface area contributed by atoms with Crippen LogP contribution in [0.25, 0.3) is 0 Å². The third-order valence-corrected chi connectivity index (χ3v) is 3.85. The van der Waals surface area contributed by atoms with E-state index >= 15 is 0 Å². The van der Waals surface area contributed by atoms with Gasteiger partial charge in [-0.25, -0.2) is 0 Å². The number of benzene rings is 1. The van der Waals surface area contributed by atoms with Crippen molar-refractivity contribution in [3.05, 3.63) is 41.8 Å². The fourth-order valence-electron chi connectivity index (χ4n) is 2.62. The standard InChI is InChI=1S/C19H31/c1-3-5-7-10-14-18(15-11-8-6-4-2)19-16-12-9-13-17-19/h9,12-13,16-17H,3-8,10-11,14-15H2,1-2H3. The molecule has 0 saturated heterocycles. The van der Waals surface area contributed by atoms with E-state index in [1.807, 2.05) is 0 Å². The maximum absolute atomic E-state index is 2.29. The molecule has 0 bridgehead atoms. The van der Waals surface area contributed by atoms with Crippen LogP contribution in [0.1, 0.15) is 83.6 Å². The van der Waals surface area contributed by atoms with Gasteiger partial charge in [0.05, 0.1) is 0 Å². The molecule has 19 heavy (non-hydrogen) atoms. The minimum absolute atomic E-state index is 1.30. The Morgan fingerprint density at radius 3 is 1.68 bits per heavy atom. The zero-order valence-corrected chi connectivity index (χ0v) is 13.0. The van der Waals surface area contributed by atoms with Gasteiger partial charge in [0.2, 0.25) is 0 Å². The first kappa shape index (κ1) is 16.3. The number of unbranched alkanes of at least 4 members (excludes halogenated alkanes) is 6. The molecule has 1 aromatic carbocycles. The molecule has 1 radical (unpaired) electrons. The van der Waals surface area contributed by atoms with Crippen molar-refractivity contribution in [1.29, 1.82) is 0 Å². The van der Waals surface area contributed by atoms with Crippen molar-refractivity contribution < 1.29 is 0 Å². The summed E-state index contributed by atoms with van der Waals surface area (Å²) in [6.45, 7) is 4.57. The van der Waals surface area contributed by atoms with Crippen molar-refractivity contribution in [3.8, 4) is 0 Å². The monoisotopic (exact) mass is 259 g/mol. The SMILES string of the molecule is CCCCCC[C](CCCCCC)c1ccccc1. The highest BCUT2D eigenvalue weighted by atomic mass is 14.2. The first-order valence-electron chi connectivity index (χ1n) is 8.28. The quantitative estimate of drug-likeness (QED) is 0.395. The molecule has 0 atom stereocenters. The zero-order valence-electron chi connectivity index (χ0n) is 13.0. The van der Waals surface area contributed by atoms with Gasteiger partial charge in [0.1, 0.15) is 0 Å². The predicted octanol–water partition coefficient (Wildman–Crippen LogP) is 6.55. The van der Waals surface area contributed by atoms with E-state index < -0.39 is 0 Å². The Bertz CT molecular complexity index is 276. The van der Waals surface area contributed by atoms with E-state index in [2.05, 4.69) is 44.2 Å². The van der Waals surface area contributed by atoms with Crippen molar-refractivity contribution in [2.75, 3.05) is 0 Å². The molecular formula is C19H31. The maximum atomic E-state index is 2.29. The minimum Gasteiger partial charge on any atom is -0.0654 e. The third kappa shape index (κ3) is 7.40. The molecule has 0 heterocycles. The number of rotatable bonds is 11. The topological polar surface area (TPSA) is 0 Å². The van der Waals surface area contributed by atoms with Crippen LogP contribution in [0.3, 0.4) is 0 Å². The van der Waals surface area contributed by atoms with E-state index in [0.29, 0.717) is 0 Å². The van der Waals surface area contributed by atoms with Gasteiger partial charge >= 0.3 is 0 Å². The molecule has 0 unspecified atom stereocenters. The molecule has 0 heteroatoms. The lowest BCUT2D eigenvalue weighted by atomic mass is 9.88. The maximum Gasteiger partial charge on any atom is 0.00498 e. The highest BCUT2D eigenvalue weighted by molar-refractivity contribution is 5.30. The molecule has 0 spiro atoms. The lowest BCUT2D eigenvalue weighted by Crippen LogP contribution is -2.00. The number of hydrogen-bond donors (Lipinski definition) is 0. The summed E-state index contributed by atoms with van der Waals surface area (Å²) in [5.41, 5.74) is 1.48. The van der Waals surface area contributed by atoms with Gasteiger partial charge in [-0.1, -0.05) is 95.5 Å². The number of hydrogen-bond acceptors (Lipinski definition) is 0. The highest BCUT2D eigenvalue weighted by Crippen LogP contribution is 2.27. The van der Waals surface area contributed by atoms with Crippen molar-refractivity contribution in [3.63, 3.8) is 0 Å². The summed E-state index contributed by atoms with van der Waals surface area (Å²) < 4.78 is 0. The van der Waals surface area contributed by atoms with Crippen molar-refractivity contribution in [1.82, 2.24) is 0 Å². The molecule has 0 aliphatic heterocycles. The van der Waals surface area contributed by atoms with Crippen molar-refractivity contribution >= 4 is 0 Å². The second-order valence-corrected chi connectivity index (χ2v) is 5.59. The average Bonchev–Trinajstić information content (AvgIpc) is 2.46. The van der Waals surface area contributed by atoms with E-state index in [1.54, 1.807) is 5.92 Å². The minimum atomic E-state index is 1.30. The molecule has 0 fully saturated rings. The molecule has 1 aromatic rings. The zero-order chi connectivity index (χ0) is 13.8. The molecule has 0 amide bonds. The average molecular weight is 259 g/mol. The first-order chi connectivity index (χ1) is 9.38. The third-order valence-electron chi connectivity index (χ3n) is 3.85. The Labute approximate surface area is 120 Å². The van der Waals surface area contributed by atoms with Crippen LogP contribution in [0.5, 0.6) is 0 Å². The summed E-state index contributed by atoms with van der Waals surface area (Å²) in [4.78, 5) is 0. The van der Waals surface area contributed by atoms with E-state index in [4.69, 9.17) is 0 Å². The van der Waals surface area contributed by atoms with Crippen LogP contribution in [0.2, 0.25) is 0 Å². The molecule has 1 rings (SSSR count). The summed E-state index contributed by atoms with van der Waals surface area (Å²) in [5.74, 6) is 1.69. The summed E-state index contributed by atoms with van der Waals surface area (Å²) in [7, 11) is 0. The van der Waals surface area contributed by atoms with E-state index in [0.717, 1.165) is 0 Å². The lowest BCUT2D eigenvalue weighted by molar-refractivity contribution is 0.591. The van der Waals surface area contributed by atoms with Crippen LogP contribution in [-0.2, 0) is 0 Å². The predicted molar refractivity (Wildman–Crippen MR) is 86.3 cm³/mol. The van der Waals surface area contributed by atoms with E-state index in [-0.39, 0.29) is 0 Å². The Morgan fingerprint density at radius 2 is 1.21 bits per heavy atom. The van der Waals surface area contributed by atoms with Crippen molar-refractivity contribution in [2.45, 2.75) is 78.1 Å².